The highest BCUT2D eigenvalue weighted by molar-refractivity contribution is 7.90. The van der Waals surface area contributed by atoms with Gasteiger partial charge in [0.1, 0.15) is 12.3 Å². The Kier molecular flexibility index (Phi) is 5.85. The lowest BCUT2D eigenvalue weighted by molar-refractivity contribution is -0.141. The molecular weight excluding hydrogens is 416 g/mol. The molecule has 0 saturated heterocycles. The molecule has 8 nitrogen and oxygen atoms in total. The molecule has 0 bridgehead atoms. The minimum Gasteiger partial charge on any atom is -0.497 e. The highest BCUT2D eigenvalue weighted by atomic mass is 32.2. The van der Waals surface area contributed by atoms with Crippen molar-refractivity contribution in [3.8, 4) is 5.75 Å². The summed E-state index contributed by atoms with van der Waals surface area (Å²) in [7, 11) is -0.639. The third-order valence-corrected chi connectivity index (χ3v) is 6.26. The molecule has 0 aliphatic heterocycles. The molecule has 29 heavy (non-hydrogen) atoms. The number of nitrogens with zero attached hydrogens (tertiary/aromatic N) is 2. The van der Waals surface area contributed by atoms with Gasteiger partial charge in [0.25, 0.3) is 5.91 Å². The van der Waals surface area contributed by atoms with Crippen LogP contribution in [0.25, 0.3) is 10.2 Å². The van der Waals surface area contributed by atoms with Crippen LogP contribution in [0.5, 0.6) is 5.75 Å². The summed E-state index contributed by atoms with van der Waals surface area (Å²) >= 11 is 1.21. The molecule has 152 valence electrons. The largest absolute Gasteiger partial charge is 0.497 e. The van der Waals surface area contributed by atoms with Crippen LogP contribution in [0.4, 0.5) is 0 Å². The third kappa shape index (κ3) is 4.54. The molecule has 0 unspecified atom stereocenters. The maximum absolute atomic E-state index is 12.7. The van der Waals surface area contributed by atoms with Gasteiger partial charge in [0.05, 0.1) is 29.3 Å². The zero-order chi connectivity index (χ0) is 21.2. The van der Waals surface area contributed by atoms with Gasteiger partial charge in [-0.05, 0) is 36.4 Å². The van der Waals surface area contributed by atoms with Crippen LogP contribution in [-0.4, -0.2) is 45.3 Å². The van der Waals surface area contributed by atoms with E-state index in [2.05, 4.69) is 4.99 Å². The van der Waals surface area contributed by atoms with Crippen LogP contribution in [0.2, 0.25) is 0 Å². The zero-order valence-electron chi connectivity index (χ0n) is 15.9. The van der Waals surface area contributed by atoms with Gasteiger partial charge in [-0.1, -0.05) is 17.4 Å². The van der Waals surface area contributed by atoms with E-state index in [1.165, 1.54) is 42.7 Å². The van der Waals surface area contributed by atoms with Crippen LogP contribution in [0.3, 0.4) is 0 Å². The molecule has 1 heterocycles. The van der Waals surface area contributed by atoms with Crippen molar-refractivity contribution in [1.29, 1.82) is 0 Å². The first-order valence-corrected chi connectivity index (χ1v) is 11.1. The van der Waals surface area contributed by atoms with Crippen LogP contribution < -0.4 is 9.54 Å². The summed E-state index contributed by atoms with van der Waals surface area (Å²) in [4.78, 5) is 29.0. The average molecular weight is 434 g/mol. The van der Waals surface area contributed by atoms with Crippen LogP contribution in [0.1, 0.15) is 10.4 Å². The van der Waals surface area contributed by atoms with Gasteiger partial charge in [-0.25, -0.2) is 8.42 Å². The molecule has 0 saturated carbocycles. The van der Waals surface area contributed by atoms with E-state index in [-0.39, 0.29) is 21.8 Å². The van der Waals surface area contributed by atoms with Crippen LogP contribution in [0.15, 0.2) is 52.4 Å². The Morgan fingerprint density at radius 2 is 1.90 bits per heavy atom. The van der Waals surface area contributed by atoms with Crippen molar-refractivity contribution in [2.24, 2.45) is 4.99 Å². The number of carbonyl (C=O) groups excluding carboxylic acids is 2. The predicted molar refractivity (Wildman–Crippen MR) is 108 cm³/mol. The van der Waals surface area contributed by atoms with Crippen molar-refractivity contribution < 1.29 is 27.5 Å². The van der Waals surface area contributed by atoms with Crippen molar-refractivity contribution in [3.05, 3.63) is 52.8 Å². The molecule has 1 amide bonds. The molecule has 0 atom stereocenters. The maximum Gasteiger partial charge on any atom is 0.325 e. The quantitative estimate of drug-likeness (QED) is 0.569. The number of hydrogen-bond donors (Lipinski definition) is 0. The van der Waals surface area contributed by atoms with Crippen molar-refractivity contribution in [1.82, 2.24) is 4.57 Å². The van der Waals surface area contributed by atoms with E-state index in [9.17, 15) is 18.0 Å². The van der Waals surface area contributed by atoms with Crippen molar-refractivity contribution in [2.45, 2.75) is 11.4 Å². The Morgan fingerprint density at radius 1 is 1.14 bits per heavy atom. The molecule has 0 radical (unpaired) electrons. The van der Waals surface area contributed by atoms with Crippen LogP contribution >= 0.6 is 11.3 Å². The highest BCUT2D eigenvalue weighted by Crippen LogP contribution is 2.23. The molecule has 3 aromatic rings. The number of hydrogen-bond acceptors (Lipinski definition) is 7. The van der Waals surface area contributed by atoms with Gasteiger partial charge in [0, 0.05) is 11.8 Å². The van der Waals surface area contributed by atoms with Gasteiger partial charge in [0.15, 0.2) is 14.6 Å². The minimum absolute atomic E-state index is 0.0297. The first-order chi connectivity index (χ1) is 13.7. The topological polar surface area (TPSA) is 104 Å². The fraction of sp³-hybridized carbons (Fsp3) is 0.211. The molecular formula is C19H18N2O6S2. The van der Waals surface area contributed by atoms with Crippen molar-refractivity contribution >= 4 is 43.3 Å². The number of methoxy groups -OCH3 is 2. The van der Waals surface area contributed by atoms with E-state index in [1.807, 2.05) is 0 Å². The van der Waals surface area contributed by atoms with Crippen LogP contribution in [-0.2, 0) is 25.9 Å². The summed E-state index contributed by atoms with van der Waals surface area (Å²) in [5.74, 6) is -0.483. The summed E-state index contributed by atoms with van der Waals surface area (Å²) in [5.41, 5.74) is 0.824. The lowest BCUT2D eigenvalue weighted by Gasteiger charge is -2.04. The second-order valence-electron chi connectivity index (χ2n) is 6.10. The molecule has 10 heteroatoms. The Morgan fingerprint density at radius 3 is 2.55 bits per heavy atom. The molecule has 0 aliphatic carbocycles. The van der Waals surface area contributed by atoms with Gasteiger partial charge >= 0.3 is 5.97 Å². The summed E-state index contributed by atoms with van der Waals surface area (Å²) < 4.78 is 35.8. The summed E-state index contributed by atoms with van der Waals surface area (Å²) in [6.07, 6.45) is 1.07. The maximum atomic E-state index is 12.7. The number of sulfone groups is 1. The van der Waals surface area contributed by atoms with E-state index in [0.717, 1.165) is 11.0 Å². The molecule has 1 aromatic heterocycles. The number of ether oxygens (including phenoxy) is 2. The van der Waals surface area contributed by atoms with E-state index < -0.39 is 21.7 Å². The number of benzene rings is 2. The summed E-state index contributed by atoms with van der Waals surface area (Å²) in [6, 6.07) is 10.9. The second kappa shape index (κ2) is 8.18. The van der Waals surface area contributed by atoms with E-state index >= 15 is 0 Å². The zero-order valence-corrected chi connectivity index (χ0v) is 17.5. The summed E-state index contributed by atoms with van der Waals surface area (Å²) in [5, 5.41) is 0. The average Bonchev–Trinajstić information content (AvgIpc) is 3.03. The molecule has 3 rings (SSSR count). The number of amides is 1. The highest BCUT2D eigenvalue weighted by Gasteiger charge is 2.15. The first-order valence-electron chi connectivity index (χ1n) is 8.36. The Balaban J connectivity index is 2.14. The number of fused-ring (bicyclic) bond motifs is 1. The molecule has 2 aromatic carbocycles. The van der Waals surface area contributed by atoms with Gasteiger partial charge in [-0.3, -0.25) is 9.59 Å². The first kappa shape index (κ1) is 20.7. The lowest BCUT2D eigenvalue weighted by Crippen LogP contribution is -2.22. The predicted octanol–water partition coefficient (Wildman–Crippen LogP) is 2.03. The van der Waals surface area contributed by atoms with Crippen molar-refractivity contribution in [2.75, 3.05) is 20.5 Å². The number of esters is 1. The van der Waals surface area contributed by atoms with Gasteiger partial charge in [0.2, 0.25) is 0 Å². The fourth-order valence-electron chi connectivity index (χ4n) is 2.62. The molecule has 0 N–H and O–H groups in total. The van der Waals surface area contributed by atoms with Crippen molar-refractivity contribution in [3.63, 3.8) is 0 Å². The Bertz CT molecular complexity index is 1270. The number of carbonyl (C=O) groups is 2. The third-order valence-electron chi connectivity index (χ3n) is 4.11. The number of thiazole rings is 1. The smallest absolute Gasteiger partial charge is 0.325 e. The lowest BCUT2D eigenvalue weighted by atomic mass is 10.2. The standard InChI is InChI=1S/C19H18N2O6S2/c1-26-13-7-8-15-16(10-13)28-19(21(15)11-17(22)27-2)20-18(23)12-5-4-6-14(9-12)29(3,24)25/h4-10H,11H2,1-3H3. The Labute approximate surface area is 171 Å². The van der Waals surface area contributed by atoms with Gasteiger partial charge in [-0.15, -0.1) is 0 Å². The Hall–Kier alpha value is -2.98. The summed E-state index contributed by atoms with van der Waals surface area (Å²) in [6.45, 7) is -0.127. The van der Waals surface area contributed by atoms with Gasteiger partial charge < -0.3 is 14.0 Å². The van der Waals surface area contributed by atoms with Crippen LogP contribution in [0, 0.1) is 0 Å². The van der Waals surface area contributed by atoms with Gasteiger partial charge in [-0.2, -0.15) is 4.99 Å². The van der Waals surface area contributed by atoms with E-state index in [1.54, 1.807) is 29.9 Å². The molecule has 0 spiro atoms. The number of aromatic nitrogens is 1. The number of rotatable bonds is 5. The second-order valence-corrected chi connectivity index (χ2v) is 9.12. The van der Waals surface area contributed by atoms with E-state index in [4.69, 9.17) is 9.47 Å². The molecule has 0 aliphatic rings. The van der Waals surface area contributed by atoms with E-state index in [0.29, 0.717) is 11.3 Å². The molecule has 0 fully saturated rings. The SMILES string of the molecule is COC(=O)Cn1c(=NC(=O)c2cccc(S(C)(=O)=O)c2)sc2cc(OC)ccc21. The minimum atomic E-state index is -3.46. The fourth-order valence-corrected chi connectivity index (χ4v) is 4.35. The monoisotopic (exact) mass is 434 g/mol. The normalized spacial score (nSPS) is 12.2.